The van der Waals surface area contributed by atoms with Gasteiger partial charge in [0.2, 0.25) is 15.8 Å². The van der Waals surface area contributed by atoms with Crippen LogP contribution in [0.3, 0.4) is 0 Å². The Kier molecular flexibility index (Phi) is 3.78. The van der Waals surface area contributed by atoms with Crippen LogP contribution in [0, 0.1) is 0 Å². The highest BCUT2D eigenvalue weighted by molar-refractivity contribution is 7.89. The van der Waals surface area contributed by atoms with Crippen molar-refractivity contribution >= 4 is 10.0 Å². The third-order valence-corrected chi connectivity index (χ3v) is 4.66. The normalized spacial score (nSPS) is 11.6. The number of hydrogen-bond acceptors (Lipinski definition) is 7. The molecule has 4 rings (SSSR count). The van der Waals surface area contributed by atoms with Crippen molar-refractivity contribution in [1.29, 1.82) is 0 Å². The lowest BCUT2D eigenvalue weighted by atomic mass is 9.99. The molecule has 0 aliphatic rings. The number of primary sulfonamides is 1. The van der Waals surface area contributed by atoms with E-state index in [4.69, 9.17) is 5.14 Å². The summed E-state index contributed by atoms with van der Waals surface area (Å²) in [6.07, 6.45) is 3.14. The number of nitrogens with one attached hydrogen (secondary N) is 1. The first-order chi connectivity index (χ1) is 12.5. The van der Waals surface area contributed by atoms with Gasteiger partial charge in [-0.05, 0) is 34.5 Å². The summed E-state index contributed by atoms with van der Waals surface area (Å²) in [4.78, 5) is 1.38. The molecule has 0 spiro atoms. The Hall–Kier alpha value is -3.44. The van der Waals surface area contributed by atoms with Crippen LogP contribution in [0.25, 0.3) is 28.2 Å². The molecule has 10 nitrogen and oxygen atoms in total. The SMILES string of the molecule is NS(=O)(=O)c1cccc(-c2cccc(-n3nccn3)c2)c1-c1nn[nH]n1. The van der Waals surface area contributed by atoms with Crippen molar-refractivity contribution in [2.75, 3.05) is 0 Å². The summed E-state index contributed by atoms with van der Waals surface area (Å²) in [7, 11) is -3.99. The third-order valence-electron chi connectivity index (χ3n) is 3.71. The first kappa shape index (κ1) is 16.1. The first-order valence-electron chi connectivity index (χ1n) is 7.41. The highest BCUT2D eigenvalue weighted by Crippen LogP contribution is 2.35. The van der Waals surface area contributed by atoms with Gasteiger partial charge in [-0.15, -0.1) is 10.2 Å². The van der Waals surface area contributed by atoms with Crippen LogP contribution in [0.1, 0.15) is 0 Å². The smallest absolute Gasteiger partial charge is 0.225 e. The molecule has 0 radical (unpaired) electrons. The van der Waals surface area contributed by atoms with Crippen molar-refractivity contribution in [3.8, 4) is 28.2 Å². The molecule has 2 aromatic heterocycles. The topological polar surface area (TPSA) is 145 Å². The summed E-state index contributed by atoms with van der Waals surface area (Å²) in [5.41, 5.74) is 2.30. The van der Waals surface area contributed by atoms with Gasteiger partial charge in [0, 0.05) is 0 Å². The molecule has 2 heterocycles. The van der Waals surface area contributed by atoms with E-state index in [0.29, 0.717) is 11.3 Å². The lowest BCUT2D eigenvalue weighted by Gasteiger charge is -2.12. The fraction of sp³-hybridized carbons (Fsp3) is 0. The van der Waals surface area contributed by atoms with Crippen LogP contribution in [0.2, 0.25) is 0 Å². The van der Waals surface area contributed by atoms with Gasteiger partial charge in [0.15, 0.2) is 0 Å². The van der Waals surface area contributed by atoms with Gasteiger partial charge < -0.3 is 0 Å². The van der Waals surface area contributed by atoms with E-state index in [1.54, 1.807) is 24.5 Å². The molecule has 0 saturated carbocycles. The standard InChI is InChI=1S/C15H12N8O2S/c16-26(24,25)13-6-2-5-12(14(13)15-19-21-22-20-15)10-3-1-4-11(9-10)23-17-7-8-18-23/h1-9H,(H2,16,24,25)(H,19,20,21,22). The van der Waals surface area contributed by atoms with E-state index < -0.39 is 10.0 Å². The zero-order chi connectivity index (χ0) is 18.1. The number of nitrogens with zero attached hydrogens (tertiary/aromatic N) is 6. The van der Waals surface area contributed by atoms with E-state index in [1.807, 2.05) is 24.3 Å². The fourth-order valence-corrected chi connectivity index (χ4v) is 3.41. The molecule has 0 aliphatic heterocycles. The van der Waals surface area contributed by atoms with Crippen LogP contribution in [0.5, 0.6) is 0 Å². The molecular formula is C15H12N8O2S. The minimum Gasteiger partial charge on any atom is -0.225 e. The van der Waals surface area contributed by atoms with E-state index >= 15 is 0 Å². The van der Waals surface area contributed by atoms with Crippen molar-refractivity contribution in [3.63, 3.8) is 0 Å². The van der Waals surface area contributed by atoms with Gasteiger partial charge in [-0.2, -0.15) is 20.2 Å². The molecule has 0 fully saturated rings. The Balaban J connectivity index is 1.97. The van der Waals surface area contributed by atoms with Crippen LogP contribution in [0.4, 0.5) is 0 Å². The predicted octanol–water partition coefficient (Wildman–Crippen LogP) is 0.762. The van der Waals surface area contributed by atoms with Crippen LogP contribution >= 0.6 is 0 Å². The summed E-state index contributed by atoms with van der Waals surface area (Å²) in [5, 5.41) is 27.3. The molecule has 130 valence electrons. The Bertz CT molecular complexity index is 1150. The van der Waals surface area contributed by atoms with Crippen LogP contribution < -0.4 is 5.14 Å². The minimum absolute atomic E-state index is 0.0842. The molecule has 11 heteroatoms. The Morgan fingerprint density at radius 2 is 1.81 bits per heavy atom. The highest BCUT2D eigenvalue weighted by Gasteiger charge is 2.22. The van der Waals surface area contributed by atoms with Crippen molar-refractivity contribution < 1.29 is 8.42 Å². The molecule has 2 aromatic carbocycles. The molecule has 0 unspecified atom stereocenters. The number of rotatable bonds is 4. The molecule has 0 bridgehead atoms. The summed E-state index contributed by atoms with van der Waals surface area (Å²) < 4.78 is 24.1. The number of benzene rings is 2. The summed E-state index contributed by atoms with van der Waals surface area (Å²) in [6.45, 7) is 0. The number of nitrogens with two attached hydrogens (primary N) is 1. The zero-order valence-corrected chi connectivity index (χ0v) is 14.0. The second kappa shape index (κ2) is 6.13. The van der Waals surface area contributed by atoms with Gasteiger partial charge >= 0.3 is 0 Å². The molecule has 3 N–H and O–H groups in total. The molecule has 4 aromatic rings. The van der Waals surface area contributed by atoms with E-state index in [9.17, 15) is 8.42 Å². The lowest BCUT2D eigenvalue weighted by molar-refractivity contribution is 0.598. The average molecular weight is 368 g/mol. The number of sulfonamides is 1. The monoisotopic (exact) mass is 368 g/mol. The second-order valence-corrected chi connectivity index (χ2v) is 6.86. The molecule has 0 atom stereocenters. The maximum atomic E-state index is 12.1. The van der Waals surface area contributed by atoms with Crippen LogP contribution in [0.15, 0.2) is 59.8 Å². The largest absolute Gasteiger partial charge is 0.238 e. The van der Waals surface area contributed by atoms with Gasteiger partial charge in [-0.1, -0.05) is 24.3 Å². The molecule has 0 saturated heterocycles. The Morgan fingerprint density at radius 3 is 2.50 bits per heavy atom. The highest BCUT2D eigenvalue weighted by atomic mass is 32.2. The zero-order valence-electron chi connectivity index (χ0n) is 13.2. The van der Waals surface area contributed by atoms with Crippen LogP contribution in [-0.2, 0) is 10.0 Å². The molecule has 0 aliphatic carbocycles. The maximum absolute atomic E-state index is 12.1. The fourth-order valence-electron chi connectivity index (χ4n) is 2.65. The average Bonchev–Trinajstić information content (AvgIpc) is 3.34. The third kappa shape index (κ3) is 2.85. The Morgan fingerprint density at radius 1 is 1.04 bits per heavy atom. The second-order valence-electron chi connectivity index (χ2n) is 5.33. The number of aromatic amines is 1. The van der Waals surface area contributed by atoms with Crippen molar-refractivity contribution in [1.82, 2.24) is 35.6 Å². The van der Waals surface area contributed by atoms with Crippen molar-refractivity contribution in [3.05, 3.63) is 54.9 Å². The number of hydrogen-bond donors (Lipinski definition) is 2. The summed E-state index contributed by atoms with van der Waals surface area (Å²) in [6, 6.07) is 12.1. The predicted molar refractivity (Wildman–Crippen MR) is 91.3 cm³/mol. The van der Waals surface area contributed by atoms with Gasteiger partial charge in [0.25, 0.3) is 0 Å². The number of aromatic nitrogens is 7. The quantitative estimate of drug-likeness (QED) is 0.541. The van der Waals surface area contributed by atoms with Crippen molar-refractivity contribution in [2.45, 2.75) is 4.90 Å². The van der Waals surface area contributed by atoms with E-state index in [2.05, 4.69) is 30.8 Å². The Labute approximate surface area is 147 Å². The van der Waals surface area contributed by atoms with Gasteiger partial charge in [-0.25, -0.2) is 13.6 Å². The van der Waals surface area contributed by atoms with E-state index in [0.717, 1.165) is 5.56 Å². The van der Waals surface area contributed by atoms with Gasteiger partial charge in [-0.3, -0.25) is 0 Å². The lowest BCUT2D eigenvalue weighted by Crippen LogP contribution is -2.14. The molecule has 26 heavy (non-hydrogen) atoms. The van der Waals surface area contributed by atoms with E-state index in [1.165, 1.54) is 10.9 Å². The van der Waals surface area contributed by atoms with E-state index in [-0.39, 0.29) is 16.3 Å². The van der Waals surface area contributed by atoms with Crippen LogP contribution in [-0.4, -0.2) is 44.0 Å². The van der Waals surface area contributed by atoms with Gasteiger partial charge in [0.1, 0.15) is 0 Å². The number of tetrazole rings is 1. The molecule has 0 amide bonds. The summed E-state index contributed by atoms with van der Waals surface area (Å²) in [5.74, 6) is 0.132. The van der Waals surface area contributed by atoms with Crippen molar-refractivity contribution in [2.24, 2.45) is 5.14 Å². The minimum atomic E-state index is -3.99. The number of H-pyrrole nitrogens is 1. The maximum Gasteiger partial charge on any atom is 0.238 e. The van der Waals surface area contributed by atoms with Gasteiger partial charge in [0.05, 0.1) is 28.5 Å². The first-order valence-corrected chi connectivity index (χ1v) is 8.95. The summed E-state index contributed by atoms with van der Waals surface area (Å²) >= 11 is 0. The molecular weight excluding hydrogens is 356 g/mol.